The summed E-state index contributed by atoms with van der Waals surface area (Å²) in [6, 6.07) is 3.48. The number of carbonyl (C=O) groups is 1. The van der Waals surface area contributed by atoms with Crippen LogP contribution in [0.2, 0.25) is 0 Å². The number of aromatic nitrogens is 1. The van der Waals surface area contributed by atoms with Gasteiger partial charge in [0.15, 0.2) is 0 Å². The Kier molecular flexibility index (Phi) is 3.39. The van der Waals surface area contributed by atoms with Gasteiger partial charge in [-0.25, -0.2) is 9.78 Å². The molecule has 1 heterocycles. The first-order valence-corrected chi connectivity index (χ1v) is 5.67. The average molecular weight is 220 g/mol. The number of hydrogen-bond acceptors (Lipinski definition) is 4. The SMILES string of the molecule is CCOC(=O)c1cccnc1NCC1CC1. The van der Waals surface area contributed by atoms with Gasteiger partial charge in [0, 0.05) is 12.7 Å². The quantitative estimate of drug-likeness (QED) is 0.772. The number of nitrogens with one attached hydrogen (secondary N) is 1. The number of anilines is 1. The van der Waals surface area contributed by atoms with Crippen molar-refractivity contribution >= 4 is 11.8 Å². The van der Waals surface area contributed by atoms with Gasteiger partial charge < -0.3 is 10.1 Å². The predicted octanol–water partition coefficient (Wildman–Crippen LogP) is 2.08. The fraction of sp³-hybridized carbons (Fsp3) is 0.500. The lowest BCUT2D eigenvalue weighted by Crippen LogP contribution is -2.12. The molecule has 1 aromatic rings. The molecular formula is C12H16N2O2. The van der Waals surface area contributed by atoms with Crippen LogP contribution in [0, 0.1) is 5.92 Å². The Morgan fingerprint density at radius 1 is 1.62 bits per heavy atom. The molecule has 1 aromatic heterocycles. The van der Waals surface area contributed by atoms with Crippen molar-refractivity contribution < 1.29 is 9.53 Å². The molecule has 0 atom stereocenters. The van der Waals surface area contributed by atoms with E-state index < -0.39 is 0 Å². The summed E-state index contributed by atoms with van der Waals surface area (Å²) in [4.78, 5) is 15.8. The number of hydrogen-bond donors (Lipinski definition) is 1. The van der Waals surface area contributed by atoms with E-state index in [9.17, 15) is 4.79 Å². The van der Waals surface area contributed by atoms with Crippen molar-refractivity contribution in [1.82, 2.24) is 4.98 Å². The van der Waals surface area contributed by atoms with Gasteiger partial charge in [0.2, 0.25) is 0 Å². The van der Waals surface area contributed by atoms with Gasteiger partial charge in [-0.3, -0.25) is 0 Å². The van der Waals surface area contributed by atoms with E-state index in [0.717, 1.165) is 12.5 Å². The number of carbonyl (C=O) groups excluding carboxylic acids is 1. The molecule has 0 aliphatic heterocycles. The number of pyridine rings is 1. The third kappa shape index (κ3) is 2.72. The topological polar surface area (TPSA) is 51.2 Å². The van der Waals surface area contributed by atoms with Crippen LogP contribution in [0.1, 0.15) is 30.1 Å². The van der Waals surface area contributed by atoms with Gasteiger partial charge >= 0.3 is 5.97 Å². The second-order valence-electron chi connectivity index (χ2n) is 3.94. The Balaban J connectivity index is 2.05. The number of esters is 1. The van der Waals surface area contributed by atoms with Crippen LogP contribution in [0.4, 0.5) is 5.82 Å². The van der Waals surface area contributed by atoms with E-state index in [4.69, 9.17) is 4.74 Å². The van der Waals surface area contributed by atoms with Gasteiger partial charge in [0.25, 0.3) is 0 Å². The number of nitrogens with zero attached hydrogens (tertiary/aromatic N) is 1. The lowest BCUT2D eigenvalue weighted by atomic mass is 10.2. The number of rotatable bonds is 5. The summed E-state index contributed by atoms with van der Waals surface area (Å²) in [6.07, 6.45) is 4.22. The summed E-state index contributed by atoms with van der Waals surface area (Å²) in [5.74, 6) is 1.07. The van der Waals surface area contributed by atoms with Gasteiger partial charge in [-0.05, 0) is 37.8 Å². The summed E-state index contributed by atoms with van der Waals surface area (Å²) < 4.78 is 4.97. The van der Waals surface area contributed by atoms with Gasteiger partial charge in [0.1, 0.15) is 11.4 Å². The highest BCUT2D eigenvalue weighted by molar-refractivity contribution is 5.94. The molecule has 0 radical (unpaired) electrons. The highest BCUT2D eigenvalue weighted by atomic mass is 16.5. The van der Waals surface area contributed by atoms with Crippen molar-refractivity contribution in [3.05, 3.63) is 23.9 Å². The molecule has 1 N–H and O–H groups in total. The molecule has 0 spiro atoms. The van der Waals surface area contributed by atoms with Crippen LogP contribution >= 0.6 is 0 Å². The van der Waals surface area contributed by atoms with Crippen LogP contribution in [-0.4, -0.2) is 24.1 Å². The molecule has 86 valence electrons. The van der Waals surface area contributed by atoms with Crippen LogP contribution < -0.4 is 5.32 Å². The van der Waals surface area contributed by atoms with E-state index in [-0.39, 0.29) is 5.97 Å². The maximum Gasteiger partial charge on any atom is 0.341 e. The van der Waals surface area contributed by atoms with E-state index in [1.807, 2.05) is 0 Å². The molecule has 0 unspecified atom stereocenters. The smallest absolute Gasteiger partial charge is 0.341 e. The van der Waals surface area contributed by atoms with Crippen LogP contribution in [0.3, 0.4) is 0 Å². The predicted molar refractivity (Wildman–Crippen MR) is 61.4 cm³/mol. The van der Waals surface area contributed by atoms with E-state index in [1.165, 1.54) is 12.8 Å². The van der Waals surface area contributed by atoms with Crippen molar-refractivity contribution in [2.24, 2.45) is 5.92 Å². The highest BCUT2D eigenvalue weighted by Gasteiger charge is 2.22. The second-order valence-corrected chi connectivity index (χ2v) is 3.94. The van der Waals surface area contributed by atoms with Crippen LogP contribution in [0.25, 0.3) is 0 Å². The van der Waals surface area contributed by atoms with Gasteiger partial charge in [-0.15, -0.1) is 0 Å². The molecule has 1 fully saturated rings. The largest absolute Gasteiger partial charge is 0.462 e. The Labute approximate surface area is 95.0 Å². The molecule has 4 heteroatoms. The molecule has 2 rings (SSSR count). The molecule has 0 bridgehead atoms. The van der Waals surface area contributed by atoms with Crippen molar-refractivity contribution in [1.29, 1.82) is 0 Å². The minimum atomic E-state index is -0.311. The molecule has 1 aliphatic rings. The van der Waals surface area contributed by atoms with E-state index >= 15 is 0 Å². The maximum absolute atomic E-state index is 11.6. The zero-order valence-electron chi connectivity index (χ0n) is 9.40. The Morgan fingerprint density at radius 3 is 3.12 bits per heavy atom. The van der Waals surface area contributed by atoms with Crippen LogP contribution in [0.5, 0.6) is 0 Å². The fourth-order valence-corrected chi connectivity index (χ4v) is 1.48. The first-order chi connectivity index (χ1) is 7.81. The van der Waals surface area contributed by atoms with Gasteiger partial charge in [-0.1, -0.05) is 0 Å². The monoisotopic (exact) mass is 220 g/mol. The van der Waals surface area contributed by atoms with Crippen LogP contribution in [0.15, 0.2) is 18.3 Å². The van der Waals surface area contributed by atoms with Crippen molar-refractivity contribution in [3.63, 3.8) is 0 Å². The zero-order chi connectivity index (χ0) is 11.4. The summed E-state index contributed by atoms with van der Waals surface area (Å²) in [5, 5.41) is 3.20. The maximum atomic E-state index is 11.6. The van der Waals surface area contributed by atoms with Crippen molar-refractivity contribution in [2.45, 2.75) is 19.8 Å². The molecule has 0 aromatic carbocycles. The van der Waals surface area contributed by atoms with E-state index in [0.29, 0.717) is 18.0 Å². The summed E-state index contributed by atoms with van der Waals surface area (Å²) in [5.41, 5.74) is 0.519. The molecule has 0 saturated heterocycles. The van der Waals surface area contributed by atoms with E-state index in [1.54, 1.807) is 25.3 Å². The summed E-state index contributed by atoms with van der Waals surface area (Å²) in [7, 11) is 0. The molecular weight excluding hydrogens is 204 g/mol. The fourth-order valence-electron chi connectivity index (χ4n) is 1.48. The third-order valence-corrected chi connectivity index (χ3v) is 2.56. The molecule has 1 aliphatic carbocycles. The molecule has 0 amide bonds. The Bertz CT molecular complexity index is 375. The molecule has 4 nitrogen and oxygen atoms in total. The van der Waals surface area contributed by atoms with Crippen molar-refractivity contribution in [2.75, 3.05) is 18.5 Å². The van der Waals surface area contributed by atoms with Gasteiger partial charge in [0.05, 0.1) is 6.61 Å². The first kappa shape index (κ1) is 10.9. The number of ether oxygens (including phenoxy) is 1. The minimum absolute atomic E-state index is 0.311. The lowest BCUT2D eigenvalue weighted by Gasteiger charge is -2.09. The molecule has 16 heavy (non-hydrogen) atoms. The standard InChI is InChI=1S/C12H16N2O2/c1-2-16-12(15)10-4-3-7-13-11(10)14-8-9-5-6-9/h3-4,7,9H,2,5-6,8H2,1H3,(H,13,14). The minimum Gasteiger partial charge on any atom is -0.462 e. The molecule has 1 saturated carbocycles. The Morgan fingerprint density at radius 2 is 2.44 bits per heavy atom. The first-order valence-electron chi connectivity index (χ1n) is 5.67. The zero-order valence-corrected chi connectivity index (χ0v) is 9.40. The normalized spacial score (nSPS) is 14.6. The van der Waals surface area contributed by atoms with Gasteiger partial charge in [-0.2, -0.15) is 0 Å². The summed E-state index contributed by atoms with van der Waals surface area (Å²) in [6.45, 7) is 3.07. The van der Waals surface area contributed by atoms with E-state index in [2.05, 4.69) is 10.3 Å². The lowest BCUT2D eigenvalue weighted by molar-refractivity contribution is 0.0527. The van der Waals surface area contributed by atoms with Crippen LogP contribution in [-0.2, 0) is 4.74 Å². The van der Waals surface area contributed by atoms with Crippen molar-refractivity contribution in [3.8, 4) is 0 Å². The average Bonchev–Trinajstić information content (AvgIpc) is 3.11. The summed E-state index contributed by atoms with van der Waals surface area (Å²) >= 11 is 0. The third-order valence-electron chi connectivity index (χ3n) is 2.56. The highest BCUT2D eigenvalue weighted by Crippen LogP contribution is 2.29. The second kappa shape index (κ2) is 4.96. The Hall–Kier alpha value is -1.58.